The quantitative estimate of drug-likeness (QED) is 0.563. The summed E-state index contributed by atoms with van der Waals surface area (Å²) in [4.78, 5) is 1.38. The molecule has 0 bridgehead atoms. The van der Waals surface area contributed by atoms with Crippen LogP contribution in [0.1, 0.15) is 4.88 Å². The first-order valence-electron chi connectivity index (χ1n) is 1.90. The third kappa shape index (κ3) is 3.30. The van der Waals surface area contributed by atoms with Gasteiger partial charge in [0.2, 0.25) is 0 Å². The van der Waals surface area contributed by atoms with Crippen LogP contribution in [0.5, 0.6) is 0 Å². The van der Waals surface area contributed by atoms with Gasteiger partial charge in [0.15, 0.2) is 0 Å². The van der Waals surface area contributed by atoms with Crippen molar-refractivity contribution in [3.8, 4) is 0 Å². The summed E-state index contributed by atoms with van der Waals surface area (Å²) in [6.07, 6.45) is 0. The van der Waals surface area contributed by atoms with Crippen LogP contribution in [-0.2, 0) is 0 Å². The summed E-state index contributed by atoms with van der Waals surface area (Å²) >= 11 is 1.78. The van der Waals surface area contributed by atoms with E-state index in [1.54, 1.807) is 11.3 Å². The summed E-state index contributed by atoms with van der Waals surface area (Å²) in [5, 5.41) is 2.08. The Morgan fingerprint density at radius 2 is 2.00 bits per heavy atom. The van der Waals surface area contributed by atoms with Gasteiger partial charge in [-0.15, -0.1) is 36.2 Å². The zero-order valence-corrected chi connectivity index (χ0v) is 6.91. The smallest absolute Gasteiger partial charge is 0.00141 e. The molecule has 0 aliphatic rings. The van der Waals surface area contributed by atoms with Gasteiger partial charge in [0.1, 0.15) is 0 Å². The van der Waals surface area contributed by atoms with E-state index in [9.17, 15) is 0 Å². The lowest BCUT2D eigenvalue weighted by Gasteiger charge is -1.65. The van der Waals surface area contributed by atoms with Gasteiger partial charge in [0.25, 0.3) is 0 Å². The fraction of sp³-hybridized carbons (Fsp3) is 0.200. The topological polar surface area (TPSA) is 0 Å². The highest BCUT2D eigenvalue weighted by Gasteiger charge is 1.74. The van der Waals surface area contributed by atoms with E-state index in [1.807, 2.05) is 0 Å². The minimum absolute atomic E-state index is 0. The van der Waals surface area contributed by atoms with Crippen molar-refractivity contribution in [3.05, 3.63) is 22.4 Å². The minimum Gasteiger partial charge on any atom is -0.149 e. The lowest BCUT2D eigenvalue weighted by atomic mass is 10.5. The number of hydrogen-bond acceptors (Lipinski definition) is 1. The second-order valence-electron chi connectivity index (χ2n) is 1.22. The van der Waals surface area contributed by atoms with Crippen molar-refractivity contribution >= 4 is 36.2 Å². The molecular weight excluding hydrogens is 163 g/mol. The standard InChI is InChI=1S/C5H6S.2ClH/c1-5-3-2-4-6-5;;/h2-4H,1H3;2*1H. The first-order valence-corrected chi connectivity index (χ1v) is 2.77. The van der Waals surface area contributed by atoms with Crippen molar-refractivity contribution in [3.63, 3.8) is 0 Å². The Morgan fingerprint density at radius 1 is 1.38 bits per heavy atom. The Kier molecular flexibility index (Phi) is 7.53. The Hall–Kier alpha value is 0.280. The largest absolute Gasteiger partial charge is 0.149 e. The fourth-order valence-electron chi connectivity index (χ4n) is 0.361. The molecule has 1 aromatic rings. The number of rotatable bonds is 0. The molecule has 0 nitrogen and oxygen atoms in total. The predicted octanol–water partition coefficient (Wildman–Crippen LogP) is 2.90. The summed E-state index contributed by atoms with van der Waals surface area (Å²) in [5.41, 5.74) is 0. The lowest BCUT2D eigenvalue weighted by molar-refractivity contribution is 1.64. The molecule has 3 heteroatoms. The molecule has 0 aliphatic carbocycles. The molecule has 48 valence electrons. The second kappa shape index (κ2) is 5.42. The monoisotopic (exact) mass is 170 g/mol. The molecule has 0 unspecified atom stereocenters. The van der Waals surface area contributed by atoms with Crippen LogP contribution in [0.2, 0.25) is 0 Å². The molecule has 0 atom stereocenters. The first kappa shape index (κ1) is 11.1. The highest BCUT2D eigenvalue weighted by Crippen LogP contribution is 2.03. The molecule has 0 N–H and O–H groups in total. The van der Waals surface area contributed by atoms with E-state index in [2.05, 4.69) is 24.4 Å². The highest BCUT2D eigenvalue weighted by atomic mass is 35.5. The van der Waals surface area contributed by atoms with Gasteiger partial charge in [-0.2, -0.15) is 0 Å². The molecular formula is C5H8Cl2S. The second-order valence-corrected chi connectivity index (χ2v) is 2.38. The molecule has 0 fully saturated rings. The first-order chi connectivity index (χ1) is 2.89. The molecule has 1 aromatic heterocycles. The molecule has 0 saturated heterocycles. The SMILES string of the molecule is Cc1cccs1.Cl.Cl. The molecule has 1 rings (SSSR count). The van der Waals surface area contributed by atoms with E-state index in [1.165, 1.54) is 4.88 Å². The Labute approximate surface area is 65.7 Å². The van der Waals surface area contributed by atoms with E-state index in [4.69, 9.17) is 0 Å². The van der Waals surface area contributed by atoms with Crippen molar-refractivity contribution in [2.45, 2.75) is 6.92 Å². The van der Waals surface area contributed by atoms with Crippen molar-refractivity contribution in [1.82, 2.24) is 0 Å². The van der Waals surface area contributed by atoms with Crippen LogP contribution in [-0.4, -0.2) is 0 Å². The molecule has 0 amide bonds. The minimum atomic E-state index is 0. The third-order valence-electron chi connectivity index (χ3n) is 0.663. The molecule has 0 aromatic carbocycles. The van der Waals surface area contributed by atoms with E-state index in [0.29, 0.717) is 0 Å². The zero-order valence-electron chi connectivity index (χ0n) is 4.46. The van der Waals surface area contributed by atoms with Gasteiger partial charge in [-0.05, 0) is 18.4 Å². The Morgan fingerprint density at radius 3 is 2.12 bits per heavy atom. The summed E-state index contributed by atoms with van der Waals surface area (Å²) in [6.45, 7) is 2.10. The summed E-state index contributed by atoms with van der Waals surface area (Å²) < 4.78 is 0. The van der Waals surface area contributed by atoms with E-state index >= 15 is 0 Å². The van der Waals surface area contributed by atoms with Crippen molar-refractivity contribution in [2.75, 3.05) is 0 Å². The number of halogens is 2. The zero-order chi connectivity index (χ0) is 4.41. The van der Waals surface area contributed by atoms with E-state index in [-0.39, 0.29) is 24.8 Å². The van der Waals surface area contributed by atoms with Crippen molar-refractivity contribution in [1.29, 1.82) is 0 Å². The predicted molar refractivity (Wildman–Crippen MR) is 43.6 cm³/mol. The van der Waals surface area contributed by atoms with Gasteiger partial charge in [-0.25, -0.2) is 0 Å². The molecule has 0 radical (unpaired) electrons. The maximum atomic E-state index is 2.10. The van der Waals surface area contributed by atoms with Gasteiger partial charge in [0.05, 0.1) is 0 Å². The van der Waals surface area contributed by atoms with Crippen LogP contribution in [0.4, 0.5) is 0 Å². The number of aryl methyl sites for hydroxylation is 1. The Balaban J connectivity index is 0. The van der Waals surface area contributed by atoms with Gasteiger partial charge < -0.3 is 0 Å². The van der Waals surface area contributed by atoms with Crippen LogP contribution in [0, 0.1) is 6.92 Å². The van der Waals surface area contributed by atoms with Crippen LogP contribution in [0.3, 0.4) is 0 Å². The van der Waals surface area contributed by atoms with Gasteiger partial charge in [-0.3, -0.25) is 0 Å². The van der Waals surface area contributed by atoms with Crippen LogP contribution < -0.4 is 0 Å². The van der Waals surface area contributed by atoms with Crippen LogP contribution >= 0.6 is 36.2 Å². The molecule has 0 saturated carbocycles. The van der Waals surface area contributed by atoms with Gasteiger partial charge in [0, 0.05) is 4.88 Å². The van der Waals surface area contributed by atoms with Gasteiger partial charge >= 0.3 is 0 Å². The average molecular weight is 171 g/mol. The molecule has 8 heavy (non-hydrogen) atoms. The van der Waals surface area contributed by atoms with Crippen molar-refractivity contribution < 1.29 is 0 Å². The summed E-state index contributed by atoms with van der Waals surface area (Å²) in [5.74, 6) is 0. The van der Waals surface area contributed by atoms with Crippen LogP contribution in [0.25, 0.3) is 0 Å². The van der Waals surface area contributed by atoms with Gasteiger partial charge in [-0.1, -0.05) is 6.07 Å². The molecule has 1 heterocycles. The molecule has 0 aliphatic heterocycles. The molecule has 0 spiro atoms. The maximum absolute atomic E-state index is 2.10. The third-order valence-corrected chi connectivity index (χ3v) is 1.46. The summed E-state index contributed by atoms with van der Waals surface area (Å²) in [6, 6.07) is 4.16. The normalized spacial score (nSPS) is 6.62. The van der Waals surface area contributed by atoms with Crippen molar-refractivity contribution in [2.24, 2.45) is 0 Å². The number of thiophene rings is 1. The van der Waals surface area contributed by atoms with E-state index < -0.39 is 0 Å². The average Bonchev–Trinajstić information content (AvgIpc) is 1.86. The summed E-state index contributed by atoms with van der Waals surface area (Å²) in [7, 11) is 0. The highest BCUT2D eigenvalue weighted by molar-refractivity contribution is 7.09. The van der Waals surface area contributed by atoms with E-state index in [0.717, 1.165) is 0 Å². The number of hydrogen-bond donors (Lipinski definition) is 0. The fourth-order valence-corrected chi connectivity index (χ4v) is 0.890. The van der Waals surface area contributed by atoms with Crippen LogP contribution in [0.15, 0.2) is 17.5 Å². The maximum Gasteiger partial charge on any atom is 0.00141 e. The Bertz CT molecular complexity index is 114. The lowest BCUT2D eigenvalue weighted by Crippen LogP contribution is -1.42.